The number of ether oxygens (including phenoxy) is 1. The third-order valence-electron chi connectivity index (χ3n) is 4.76. The van der Waals surface area contributed by atoms with E-state index < -0.39 is 36.3 Å². The molecule has 3 rings (SSSR count). The molecule has 4 N–H and O–H groups in total. The van der Waals surface area contributed by atoms with Crippen LogP contribution in [0.1, 0.15) is 19.0 Å². The number of hydrogen-bond acceptors (Lipinski definition) is 8. The van der Waals surface area contributed by atoms with Crippen molar-refractivity contribution in [2.45, 2.75) is 38.6 Å². The highest BCUT2D eigenvalue weighted by Gasteiger charge is 2.40. The molecule has 0 aromatic carbocycles. The van der Waals surface area contributed by atoms with Crippen molar-refractivity contribution in [3.63, 3.8) is 0 Å². The molecule has 1 aliphatic rings. The van der Waals surface area contributed by atoms with E-state index in [1.165, 1.54) is 0 Å². The first-order valence-corrected chi connectivity index (χ1v) is 9.65. The first-order chi connectivity index (χ1) is 15.0. The molecule has 0 radical (unpaired) electrons. The number of piperidine rings is 1. The van der Waals surface area contributed by atoms with E-state index in [2.05, 4.69) is 35.5 Å². The predicted octanol–water partition coefficient (Wildman–Crippen LogP) is 2.21. The number of alkyl halides is 3. The lowest BCUT2D eigenvalue weighted by Crippen LogP contribution is -2.53. The van der Waals surface area contributed by atoms with E-state index in [0.29, 0.717) is 24.3 Å². The van der Waals surface area contributed by atoms with Gasteiger partial charge < -0.3 is 25.4 Å². The molecule has 2 aromatic heterocycles. The highest BCUT2D eigenvalue weighted by molar-refractivity contribution is 5.72. The van der Waals surface area contributed by atoms with Crippen molar-refractivity contribution in [1.82, 2.24) is 25.5 Å². The Kier molecular flexibility index (Phi) is 6.69. The molecule has 0 spiro atoms. The minimum absolute atomic E-state index is 0.0202. The van der Waals surface area contributed by atoms with Crippen LogP contribution in [0.4, 0.5) is 35.5 Å². The van der Waals surface area contributed by atoms with E-state index in [0.717, 1.165) is 0 Å². The van der Waals surface area contributed by atoms with E-state index in [4.69, 9.17) is 0 Å². The number of carbonyl (C=O) groups excluding carboxylic acids is 1. The largest absolute Gasteiger partial charge is 0.481 e. The number of aryl methyl sites for hydroxylation is 1. The summed E-state index contributed by atoms with van der Waals surface area (Å²) in [5.74, 6) is -0.791. The third-order valence-corrected chi connectivity index (χ3v) is 4.76. The first kappa shape index (κ1) is 23.1. The van der Waals surface area contributed by atoms with Gasteiger partial charge in [-0.2, -0.15) is 23.3 Å². The molecular weight excluding hydrogens is 435 g/mol. The van der Waals surface area contributed by atoms with Gasteiger partial charge in [-0.3, -0.25) is 9.89 Å². The maximum Gasteiger partial charge on any atom is 0.425 e. The van der Waals surface area contributed by atoms with Crippen LogP contribution in [-0.4, -0.2) is 68.7 Å². The molecule has 11 nitrogen and oxygen atoms in total. The number of halogens is 3. The maximum absolute atomic E-state index is 12.6. The fourth-order valence-corrected chi connectivity index (χ4v) is 3.20. The van der Waals surface area contributed by atoms with E-state index in [-0.39, 0.29) is 25.5 Å². The molecule has 3 atom stereocenters. The summed E-state index contributed by atoms with van der Waals surface area (Å²) < 4.78 is 42.3. The zero-order valence-electron chi connectivity index (χ0n) is 17.2. The van der Waals surface area contributed by atoms with Crippen LogP contribution >= 0.6 is 0 Å². The van der Waals surface area contributed by atoms with Crippen molar-refractivity contribution in [2.24, 2.45) is 5.92 Å². The molecule has 1 amide bonds. The smallest absolute Gasteiger partial charge is 0.425 e. The Morgan fingerprint density at radius 2 is 2.09 bits per heavy atom. The number of carboxylic acid groups (broad SMARTS) is 1. The number of hydrogen-bond donors (Lipinski definition) is 4. The Hall–Kier alpha value is -3.58. The second-order valence-electron chi connectivity index (χ2n) is 7.40. The number of nitrogens with one attached hydrogen (secondary N) is 3. The highest BCUT2D eigenvalue weighted by atomic mass is 19.4. The Labute approximate surface area is 180 Å². The number of alkyl carbamates (subject to hydrolysis) is 1. The number of rotatable bonds is 6. The molecule has 1 fully saturated rings. The molecule has 1 saturated heterocycles. The van der Waals surface area contributed by atoms with Crippen LogP contribution in [0.25, 0.3) is 0 Å². The van der Waals surface area contributed by atoms with Gasteiger partial charge in [-0.1, -0.05) is 0 Å². The summed E-state index contributed by atoms with van der Waals surface area (Å²) >= 11 is 0. The van der Waals surface area contributed by atoms with Crippen LogP contribution in [0.15, 0.2) is 18.3 Å². The van der Waals surface area contributed by atoms with Gasteiger partial charge in [-0.05, 0) is 20.3 Å². The normalized spacial score (nSPS) is 19.8. The van der Waals surface area contributed by atoms with Crippen LogP contribution in [-0.2, 0) is 9.53 Å². The lowest BCUT2D eigenvalue weighted by Gasteiger charge is -2.36. The molecule has 32 heavy (non-hydrogen) atoms. The quantitative estimate of drug-likeness (QED) is 0.513. The van der Waals surface area contributed by atoms with Gasteiger partial charge in [0.05, 0.1) is 18.2 Å². The summed E-state index contributed by atoms with van der Waals surface area (Å²) in [5.41, 5.74) is 0.595. The topological polar surface area (TPSA) is 145 Å². The number of aromatic nitrogens is 4. The summed E-state index contributed by atoms with van der Waals surface area (Å²) in [7, 11) is 0. The Morgan fingerprint density at radius 3 is 2.72 bits per heavy atom. The van der Waals surface area contributed by atoms with Crippen LogP contribution in [0.2, 0.25) is 0 Å². The van der Waals surface area contributed by atoms with Crippen molar-refractivity contribution in [1.29, 1.82) is 0 Å². The molecule has 0 bridgehead atoms. The predicted molar refractivity (Wildman–Crippen MR) is 106 cm³/mol. The van der Waals surface area contributed by atoms with Gasteiger partial charge >= 0.3 is 18.2 Å². The Morgan fingerprint density at radius 1 is 1.34 bits per heavy atom. The van der Waals surface area contributed by atoms with Crippen molar-refractivity contribution in [3.8, 4) is 0 Å². The minimum Gasteiger partial charge on any atom is -0.481 e. The number of nitrogens with zero attached hydrogens (tertiary/aromatic N) is 4. The fraction of sp³-hybridized carbons (Fsp3) is 0.500. The van der Waals surface area contributed by atoms with E-state index in [9.17, 15) is 27.9 Å². The standard InChI is InChI=1S/C18H22F3N7O4/c1-9-5-14(25-13-3-4-22-27-13)26-16(23-9)28-7-11(15(29)30)6-12(8-28)24-17(31)32-10(2)18(19,20)21/h3-5,10-12H,6-8H2,1-2H3,(H,24,31)(H,29,30)(H2,22,23,25,26,27)/t10-,11-,12+/m0/s1. The van der Waals surface area contributed by atoms with E-state index in [1.807, 2.05) is 0 Å². The average Bonchev–Trinajstić information content (AvgIpc) is 3.19. The van der Waals surface area contributed by atoms with Gasteiger partial charge in [-0.15, -0.1) is 0 Å². The lowest BCUT2D eigenvalue weighted by atomic mass is 9.94. The number of aliphatic carboxylic acids is 1. The maximum atomic E-state index is 12.6. The molecule has 0 unspecified atom stereocenters. The van der Waals surface area contributed by atoms with Crippen LogP contribution in [0, 0.1) is 12.8 Å². The van der Waals surface area contributed by atoms with Crippen LogP contribution < -0.4 is 15.5 Å². The molecule has 3 heterocycles. The number of carboxylic acids is 1. The second kappa shape index (κ2) is 9.28. The van der Waals surface area contributed by atoms with E-state index >= 15 is 0 Å². The van der Waals surface area contributed by atoms with Crippen molar-refractivity contribution >= 4 is 29.6 Å². The third kappa shape index (κ3) is 5.98. The number of amides is 1. The molecule has 14 heteroatoms. The van der Waals surface area contributed by atoms with Gasteiger partial charge in [0.25, 0.3) is 0 Å². The number of H-pyrrole nitrogens is 1. The summed E-state index contributed by atoms with van der Waals surface area (Å²) in [4.78, 5) is 33.8. The first-order valence-electron chi connectivity index (χ1n) is 9.65. The van der Waals surface area contributed by atoms with Gasteiger partial charge in [-0.25, -0.2) is 9.78 Å². The summed E-state index contributed by atoms with van der Waals surface area (Å²) in [6, 6.07) is 2.58. The molecule has 1 aliphatic heterocycles. The summed E-state index contributed by atoms with van der Waals surface area (Å²) in [5, 5.41) is 21.4. The monoisotopic (exact) mass is 457 g/mol. The Bertz CT molecular complexity index is 955. The Balaban J connectivity index is 1.75. The lowest BCUT2D eigenvalue weighted by molar-refractivity contribution is -0.197. The van der Waals surface area contributed by atoms with Gasteiger partial charge in [0.15, 0.2) is 6.10 Å². The van der Waals surface area contributed by atoms with E-state index in [1.54, 1.807) is 30.2 Å². The number of carbonyl (C=O) groups is 2. The zero-order valence-corrected chi connectivity index (χ0v) is 17.2. The van der Waals surface area contributed by atoms with Crippen LogP contribution in [0.3, 0.4) is 0 Å². The SMILES string of the molecule is Cc1cc(Nc2ccn[nH]2)nc(N2C[C@H](NC(=O)O[C@@H](C)C(F)(F)F)C[C@H](C(=O)O)C2)n1. The molecular formula is C18H22F3N7O4. The zero-order chi connectivity index (χ0) is 23.5. The minimum atomic E-state index is -4.70. The summed E-state index contributed by atoms with van der Waals surface area (Å²) in [6.45, 7) is 2.59. The number of aromatic amines is 1. The summed E-state index contributed by atoms with van der Waals surface area (Å²) in [6.07, 6.45) is -6.71. The molecule has 174 valence electrons. The van der Waals surface area contributed by atoms with Crippen LogP contribution in [0.5, 0.6) is 0 Å². The van der Waals surface area contributed by atoms with Crippen molar-refractivity contribution < 1.29 is 32.6 Å². The van der Waals surface area contributed by atoms with Crippen molar-refractivity contribution in [3.05, 3.63) is 24.0 Å². The molecule has 0 saturated carbocycles. The van der Waals surface area contributed by atoms with Gasteiger partial charge in [0.2, 0.25) is 5.95 Å². The van der Waals surface area contributed by atoms with Gasteiger partial charge in [0.1, 0.15) is 11.6 Å². The highest BCUT2D eigenvalue weighted by Crippen LogP contribution is 2.25. The van der Waals surface area contributed by atoms with Gasteiger partial charge in [0, 0.05) is 30.9 Å². The second-order valence-corrected chi connectivity index (χ2v) is 7.40. The molecule has 2 aromatic rings. The van der Waals surface area contributed by atoms with Crippen molar-refractivity contribution in [2.75, 3.05) is 23.3 Å². The molecule has 0 aliphatic carbocycles. The average molecular weight is 457 g/mol. The number of anilines is 3. The fourth-order valence-electron chi connectivity index (χ4n) is 3.20.